The summed E-state index contributed by atoms with van der Waals surface area (Å²) in [6, 6.07) is 5.32. The Balaban J connectivity index is 2.62. The first-order valence-corrected chi connectivity index (χ1v) is 5.42. The van der Waals surface area contributed by atoms with Crippen molar-refractivity contribution in [3.63, 3.8) is 0 Å². The van der Waals surface area contributed by atoms with Crippen LogP contribution in [0.5, 0.6) is 0 Å². The van der Waals surface area contributed by atoms with E-state index in [1.165, 1.54) is 6.20 Å². The Hall–Kier alpha value is -2.06. The van der Waals surface area contributed by atoms with Gasteiger partial charge in [-0.25, -0.2) is 0 Å². The molecule has 2 N–H and O–H groups in total. The third-order valence-corrected chi connectivity index (χ3v) is 1.98. The van der Waals surface area contributed by atoms with Crippen LogP contribution in [0.2, 0.25) is 0 Å². The van der Waals surface area contributed by atoms with Crippen LogP contribution in [0.4, 0.5) is 5.69 Å². The van der Waals surface area contributed by atoms with Gasteiger partial charge in [0.15, 0.2) is 0 Å². The number of halogens is 1. The Kier molecular flexibility index (Phi) is 5.55. The second-order valence-corrected chi connectivity index (χ2v) is 3.38. The summed E-state index contributed by atoms with van der Waals surface area (Å²) in [4.78, 5) is 15.3. The lowest BCUT2D eigenvalue weighted by molar-refractivity contribution is -0.117. The molecule has 0 saturated heterocycles. The molecule has 0 fully saturated rings. The number of nitrogens with one attached hydrogen (secondary N) is 2. The molecule has 1 aromatic heterocycles. The average Bonchev–Trinajstić information content (AvgIpc) is 2.38. The summed E-state index contributed by atoms with van der Waals surface area (Å²) < 4.78 is 0. The number of hydrogen-bond donors (Lipinski definition) is 2. The third-order valence-electron chi connectivity index (χ3n) is 1.79. The smallest absolute Gasteiger partial charge is 0.263 e. The normalized spacial score (nSPS) is 10.5. The van der Waals surface area contributed by atoms with E-state index in [9.17, 15) is 4.79 Å². The van der Waals surface area contributed by atoms with Crippen molar-refractivity contribution in [2.75, 3.05) is 17.7 Å². The summed E-state index contributed by atoms with van der Waals surface area (Å²) in [6.45, 7) is 0.326. The first-order chi connectivity index (χ1) is 8.27. The van der Waals surface area contributed by atoms with Crippen LogP contribution in [-0.2, 0) is 4.79 Å². The molecule has 0 aliphatic rings. The van der Waals surface area contributed by atoms with E-state index in [4.69, 9.17) is 16.9 Å². The molecule has 0 atom stereocenters. The van der Waals surface area contributed by atoms with Gasteiger partial charge in [0.05, 0.1) is 11.9 Å². The predicted molar refractivity (Wildman–Crippen MR) is 65.3 cm³/mol. The van der Waals surface area contributed by atoms with Crippen LogP contribution in [0.3, 0.4) is 0 Å². The number of nitrogens with zero attached hydrogens (tertiary/aromatic N) is 2. The number of hydrogen-bond acceptors (Lipinski definition) is 4. The number of rotatable bonds is 5. The van der Waals surface area contributed by atoms with E-state index < -0.39 is 5.91 Å². The molecule has 1 rings (SSSR count). The maximum atomic E-state index is 11.4. The van der Waals surface area contributed by atoms with Crippen LogP contribution in [-0.4, -0.2) is 23.3 Å². The Morgan fingerprint density at radius 1 is 1.65 bits per heavy atom. The summed E-state index contributed by atoms with van der Waals surface area (Å²) >= 11 is 5.43. The highest BCUT2D eigenvalue weighted by molar-refractivity contribution is 6.18. The van der Waals surface area contributed by atoms with Crippen LogP contribution in [0, 0.1) is 11.3 Å². The zero-order chi connectivity index (χ0) is 12.5. The Morgan fingerprint density at radius 2 is 2.47 bits per heavy atom. The van der Waals surface area contributed by atoms with E-state index in [0.29, 0.717) is 18.1 Å². The van der Waals surface area contributed by atoms with Crippen molar-refractivity contribution in [1.82, 2.24) is 10.3 Å². The van der Waals surface area contributed by atoms with Crippen LogP contribution in [0.15, 0.2) is 36.3 Å². The number of carbonyl (C=O) groups is 1. The molecular weight excluding hydrogens is 240 g/mol. The monoisotopic (exact) mass is 250 g/mol. The highest BCUT2D eigenvalue weighted by Gasteiger charge is 2.07. The topological polar surface area (TPSA) is 77.8 Å². The molecule has 0 aliphatic carbocycles. The summed E-state index contributed by atoms with van der Waals surface area (Å²) in [6.07, 6.45) is 4.55. The van der Waals surface area contributed by atoms with Gasteiger partial charge in [-0.1, -0.05) is 0 Å². The summed E-state index contributed by atoms with van der Waals surface area (Å²) in [5.41, 5.74) is 0.685. The standard InChI is InChI=1S/C11H11ClN4O/c12-3-5-15-11(17)9(6-13)7-16-10-2-1-4-14-8-10/h1-2,4,7-8,16H,3,5H2,(H,15,17)/b9-7-. The van der Waals surface area contributed by atoms with E-state index in [-0.39, 0.29) is 5.57 Å². The molecule has 0 bridgehead atoms. The number of pyridine rings is 1. The summed E-state index contributed by atoms with van der Waals surface area (Å²) in [5, 5.41) is 14.1. The number of amides is 1. The zero-order valence-corrected chi connectivity index (χ0v) is 9.74. The minimum Gasteiger partial charge on any atom is -0.359 e. The fraction of sp³-hybridized carbons (Fsp3) is 0.182. The third kappa shape index (κ3) is 4.53. The van der Waals surface area contributed by atoms with Gasteiger partial charge in [-0.05, 0) is 12.1 Å². The molecule has 0 aliphatic heterocycles. The van der Waals surface area contributed by atoms with Gasteiger partial charge in [0.2, 0.25) is 0 Å². The lowest BCUT2D eigenvalue weighted by atomic mass is 10.3. The number of aromatic nitrogens is 1. The Labute approximate surface area is 104 Å². The molecule has 0 unspecified atom stereocenters. The molecule has 17 heavy (non-hydrogen) atoms. The van der Waals surface area contributed by atoms with Crippen molar-refractivity contribution in [3.8, 4) is 6.07 Å². The highest BCUT2D eigenvalue weighted by Crippen LogP contribution is 2.03. The largest absolute Gasteiger partial charge is 0.359 e. The second kappa shape index (κ2) is 7.25. The van der Waals surface area contributed by atoms with E-state index >= 15 is 0 Å². The van der Waals surface area contributed by atoms with E-state index in [1.807, 2.05) is 0 Å². The molecule has 5 nitrogen and oxygen atoms in total. The fourth-order valence-corrected chi connectivity index (χ4v) is 1.10. The van der Waals surface area contributed by atoms with Gasteiger partial charge in [0.1, 0.15) is 11.6 Å². The molecule has 0 aromatic carbocycles. The minimum absolute atomic E-state index is 0.0148. The minimum atomic E-state index is -0.454. The lowest BCUT2D eigenvalue weighted by Gasteiger charge is -2.02. The molecule has 0 radical (unpaired) electrons. The lowest BCUT2D eigenvalue weighted by Crippen LogP contribution is -2.26. The number of carbonyl (C=O) groups excluding carboxylic acids is 1. The van der Waals surface area contributed by atoms with E-state index in [1.54, 1.807) is 30.6 Å². The molecule has 0 saturated carbocycles. The van der Waals surface area contributed by atoms with Crippen LogP contribution < -0.4 is 10.6 Å². The van der Waals surface area contributed by atoms with Gasteiger partial charge in [0, 0.05) is 24.8 Å². The molecule has 88 valence electrons. The van der Waals surface area contributed by atoms with Gasteiger partial charge in [-0.3, -0.25) is 9.78 Å². The zero-order valence-electron chi connectivity index (χ0n) is 8.98. The molecule has 1 amide bonds. The quantitative estimate of drug-likeness (QED) is 0.468. The van der Waals surface area contributed by atoms with E-state index in [0.717, 1.165) is 0 Å². The Bertz CT molecular complexity index is 439. The van der Waals surface area contributed by atoms with Gasteiger partial charge in [0.25, 0.3) is 5.91 Å². The maximum absolute atomic E-state index is 11.4. The molecule has 1 heterocycles. The van der Waals surface area contributed by atoms with Gasteiger partial charge in [-0.15, -0.1) is 11.6 Å². The number of alkyl halides is 1. The average molecular weight is 251 g/mol. The van der Waals surface area contributed by atoms with Gasteiger partial charge < -0.3 is 10.6 Å². The van der Waals surface area contributed by atoms with Gasteiger partial charge >= 0.3 is 0 Å². The van der Waals surface area contributed by atoms with Crippen LogP contribution >= 0.6 is 11.6 Å². The predicted octanol–water partition coefficient (Wildman–Crippen LogP) is 1.26. The summed E-state index contributed by atoms with van der Waals surface area (Å²) in [5.74, 6) is -0.148. The number of nitriles is 1. The van der Waals surface area contributed by atoms with Crippen molar-refractivity contribution >= 4 is 23.2 Å². The van der Waals surface area contributed by atoms with Crippen molar-refractivity contribution in [2.24, 2.45) is 0 Å². The first kappa shape index (κ1) is 13.0. The number of anilines is 1. The second-order valence-electron chi connectivity index (χ2n) is 3.00. The molecule has 1 aromatic rings. The van der Waals surface area contributed by atoms with Crippen LogP contribution in [0.25, 0.3) is 0 Å². The van der Waals surface area contributed by atoms with Crippen LogP contribution in [0.1, 0.15) is 0 Å². The molecule has 0 spiro atoms. The molecule has 6 heteroatoms. The van der Waals surface area contributed by atoms with Crippen molar-refractivity contribution in [2.45, 2.75) is 0 Å². The van der Waals surface area contributed by atoms with Crippen molar-refractivity contribution in [3.05, 3.63) is 36.3 Å². The Morgan fingerprint density at radius 3 is 3.06 bits per heavy atom. The first-order valence-electron chi connectivity index (χ1n) is 4.89. The van der Waals surface area contributed by atoms with E-state index in [2.05, 4.69) is 15.6 Å². The van der Waals surface area contributed by atoms with Crippen molar-refractivity contribution in [1.29, 1.82) is 5.26 Å². The summed E-state index contributed by atoms with van der Waals surface area (Å²) in [7, 11) is 0. The van der Waals surface area contributed by atoms with Crippen molar-refractivity contribution < 1.29 is 4.79 Å². The molecular formula is C11H11ClN4O. The maximum Gasteiger partial charge on any atom is 0.263 e. The van der Waals surface area contributed by atoms with Gasteiger partial charge in [-0.2, -0.15) is 5.26 Å². The SMILES string of the molecule is N#C/C(=C/Nc1cccnc1)C(=O)NCCCl. The highest BCUT2D eigenvalue weighted by atomic mass is 35.5. The fourth-order valence-electron chi connectivity index (χ4n) is 1.01.